The fourth-order valence-electron chi connectivity index (χ4n) is 2.10. The summed E-state index contributed by atoms with van der Waals surface area (Å²) >= 11 is 8.42. The minimum atomic E-state index is -0.0868. The lowest BCUT2D eigenvalue weighted by molar-refractivity contribution is -0.122. The van der Waals surface area contributed by atoms with Crippen LogP contribution in [-0.2, 0) is 11.3 Å². The van der Waals surface area contributed by atoms with Gasteiger partial charge >= 0.3 is 0 Å². The first kappa shape index (κ1) is 15.1. The zero-order valence-electron chi connectivity index (χ0n) is 11.8. The number of hydrogen-bond donors (Lipinski definition) is 2. The number of amides is 1. The fraction of sp³-hybridized carbons (Fsp3) is 0.214. The summed E-state index contributed by atoms with van der Waals surface area (Å²) in [7, 11) is 0. The number of nitrogens with one attached hydrogen (secondary N) is 2. The number of nitrogens with zero attached hydrogens (tertiary/aromatic N) is 2. The lowest BCUT2D eigenvalue weighted by Gasteiger charge is -2.13. The third-order valence-electron chi connectivity index (χ3n) is 3.15. The largest absolute Gasteiger partial charge is 0.347 e. The molecule has 0 aliphatic rings. The Balaban J connectivity index is 1.75. The molecule has 3 aromatic rings. The maximum atomic E-state index is 12.3. The van der Waals surface area contributed by atoms with Crippen LogP contribution in [-0.4, -0.2) is 20.7 Å². The highest BCUT2D eigenvalue weighted by Gasteiger charge is 2.15. The molecule has 1 amide bonds. The number of aromatic amines is 1. The van der Waals surface area contributed by atoms with E-state index in [1.54, 1.807) is 27.2 Å². The molecule has 3 rings (SSSR count). The van der Waals surface area contributed by atoms with E-state index in [-0.39, 0.29) is 18.5 Å². The smallest absolute Gasteiger partial charge is 0.240 e. The fourth-order valence-corrected chi connectivity index (χ4v) is 3.75. The van der Waals surface area contributed by atoms with Crippen LogP contribution < -0.4 is 5.32 Å². The van der Waals surface area contributed by atoms with Crippen LogP contribution in [0.2, 0.25) is 0 Å². The Bertz CT molecular complexity index is 802. The Labute approximate surface area is 140 Å². The Morgan fingerprint density at radius 2 is 2.18 bits per heavy atom. The molecule has 0 fully saturated rings. The van der Waals surface area contributed by atoms with Gasteiger partial charge in [-0.05, 0) is 42.0 Å². The van der Waals surface area contributed by atoms with Gasteiger partial charge in [-0.15, -0.1) is 22.7 Å². The van der Waals surface area contributed by atoms with Gasteiger partial charge in [0.25, 0.3) is 0 Å². The van der Waals surface area contributed by atoms with Crippen molar-refractivity contribution in [3.05, 3.63) is 44.7 Å². The Hall–Kier alpha value is -1.77. The first-order valence-corrected chi connectivity index (χ1v) is 8.84. The predicted octanol–water partition coefficient (Wildman–Crippen LogP) is 3.61. The summed E-state index contributed by atoms with van der Waals surface area (Å²) in [6.07, 6.45) is 0. The van der Waals surface area contributed by atoms with E-state index >= 15 is 0 Å². The van der Waals surface area contributed by atoms with Gasteiger partial charge in [0.05, 0.1) is 10.9 Å². The van der Waals surface area contributed by atoms with Gasteiger partial charge in [0, 0.05) is 4.88 Å². The SMILES string of the molecule is C[C@H](NC(=O)Cn1c(-c2cccs2)n[nH]c1=S)c1cccs1. The van der Waals surface area contributed by atoms with Crippen LogP contribution in [0.25, 0.3) is 10.7 Å². The second-order valence-corrected chi connectivity index (χ2v) is 7.03. The van der Waals surface area contributed by atoms with Gasteiger partial charge < -0.3 is 5.32 Å². The van der Waals surface area contributed by atoms with Crippen molar-refractivity contribution in [2.45, 2.75) is 19.5 Å². The minimum Gasteiger partial charge on any atom is -0.347 e. The molecule has 22 heavy (non-hydrogen) atoms. The zero-order valence-corrected chi connectivity index (χ0v) is 14.2. The molecule has 1 atom stereocenters. The molecule has 0 aromatic carbocycles. The van der Waals surface area contributed by atoms with Gasteiger partial charge in [0.1, 0.15) is 6.54 Å². The third kappa shape index (κ3) is 3.18. The van der Waals surface area contributed by atoms with Crippen molar-refractivity contribution in [1.82, 2.24) is 20.1 Å². The van der Waals surface area contributed by atoms with Crippen molar-refractivity contribution in [3.63, 3.8) is 0 Å². The molecule has 2 N–H and O–H groups in total. The maximum Gasteiger partial charge on any atom is 0.240 e. The molecule has 3 heterocycles. The highest BCUT2D eigenvalue weighted by Crippen LogP contribution is 2.23. The zero-order chi connectivity index (χ0) is 15.5. The van der Waals surface area contributed by atoms with Crippen molar-refractivity contribution >= 4 is 40.8 Å². The van der Waals surface area contributed by atoms with Gasteiger partial charge in [-0.2, -0.15) is 5.10 Å². The van der Waals surface area contributed by atoms with E-state index in [1.807, 2.05) is 41.9 Å². The van der Waals surface area contributed by atoms with Crippen LogP contribution in [0.3, 0.4) is 0 Å². The third-order valence-corrected chi connectivity index (χ3v) is 5.38. The lowest BCUT2D eigenvalue weighted by atomic mass is 10.3. The molecule has 0 unspecified atom stereocenters. The van der Waals surface area contributed by atoms with Crippen LogP contribution in [0, 0.1) is 4.77 Å². The average molecular weight is 350 g/mol. The van der Waals surface area contributed by atoms with Crippen molar-refractivity contribution in [1.29, 1.82) is 0 Å². The van der Waals surface area contributed by atoms with Crippen molar-refractivity contribution in [2.24, 2.45) is 0 Å². The monoisotopic (exact) mass is 350 g/mol. The number of H-pyrrole nitrogens is 1. The summed E-state index contributed by atoms with van der Waals surface area (Å²) in [6.45, 7) is 2.12. The summed E-state index contributed by atoms with van der Waals surface area (Å²) in [5.74, 6) is 0.607. The molecular formula is C14H14N4OS3. The van der Waals surface area contributed by atoms with E-state index in [9.17, 15) is 4.79 Å². The number of carbonyl (C=O) groups excluding carboxylic acids is 1. The van der Waals surface area contributed by atoms with Crippen molar-refractivity contribution in [2.75, 3.05) is 0 Å². The predicted molar refractivity (Wildman–Crippen MR) is 91.6 cm³/mol. The molecule has 0 bridgehead atoms. The molecule has 114 valence electrons. The highest BCUT2D eigenvalue weighted by molar-refractivity contribution is 7.71. The van der Waals surface area contributed by atoms with Gasteiger partial charge in [0.15, 0.2) is 10.6 Å². The molecule has 0 radical (unpaired) electrons. The standard InChI is InChI=1S/C14H14N4OS3/c1-9(10-4-2-6-21-10)15-12(19)8-18-13(16-17-14(18)20)11-5-3-7-22-11/h2-7,9H,8H2,1H3,(H,15,19)(H,17,20)/t9-/m0/s1. The molecule has 0 saturated heterocycles. The van der Waals surface area contributed by atoms with Gasteiger partial charge in [-0.3, -0.25) is 14.5 Å². The van der Waals surface area contributed by atoms with E-state index in [4.69, 9.17) is 12.2 Å². The average Bonchev–Trinajstić information content (AvgIpc) is 3.21. The minimum absolute atomic E-state index is 0.0150. The van der Waals surface area contributed by atoms with Gasteiger partial charge in [0.2, 0.25) is 5.91 Å². The molecule has 3 aromatic heterocycles. The maximum absolute atomic E-state index is 12.3. The first-order valence-electron chi connectivity index (χ1n) is 6.67. The topological polar surface area (TPSA) is 62.7 Å². The summed E-state index contributed by atoms with van der Waals surface area (Å²) in [6, 6.07) is 7.87. The van der Waals surface area contributed by atoms with E-state index in [0.717, 1.165) is 9.75 Å². The van der Waals surface area contributed by atoms with Crippen LogP contribution in [0.5, 0.6) is 0 Å². The van der Waals surface area contributed by atoms with E-state index in [2.05, 4.69) is 15.5 Å². The van der Waals surface area contributed by atoms with Crippen LogP contribution in [0.4, 0.5) is 0 Å². The van der Waals surface area contributed by atoms with Crippen LogP contribution in [0.1, 0.15) is 17.8 Å². The molecule has 0 spiro atoms. The quantitative estimate of drug-likeness (QED) is 0.691. The van der Waals surface area contributed by atoms with Crippen LogP contribution in [0.15, 0.2) is 35.0 Å². The van der Waals surface area contributed by atoms with Crippen LogP contribution >= 0.6 is 34.9 Å². The van der Waals surface area contributed by atoms with Crippen molar-refractivity contribution in [3.8, 4) is 10.7 Å². The molecular weight excluding hydrogens is 336 g/mol. The number of rotatable bonds is 5. The summed E-state index contributed by atoms with van der Waals surface area (Å²) in [5.41, 5.74) is 0. The molecule has 5 nitrogen and oxygen atoms in total. The highest BCUT2D eigenvalue weighted by atomic mass is 32.1. The first-order chi connectivity index (χ1) is 10.6. The Kier molecular flexibility index (Phi) is 4.51. The Morgan fingerprint density at radius 1 is 1.41 bits per heavy atom. The normalized spacial score (nSPS) is 12.2. The molecule has 0 aliphatic carbocycles. The van der Waals surface area contributed by atoms with Gasteiger partial charge in [-0.25, -0.2) is 0 Å². The number of carbonyl (C=O) groups is 1. The Morgan fingerprint density at radius 3 is 2.86 bits per heavy atom. The summed E-state index contributed by atoms with van der Waals surface area (Å²) in [5, 5.41) is 13.9. The summed E-state index contributed by atoms with van der Waals surface area (Å²) < 4.78 is 2.17. The summed E-state index contributed by atoms with van der Waals surface area (Å²) in [4.78, 5) is 14.4. The van der Waals surface area contributed by atoms with E-state index < -0.39 is 0 Å². The number of aromatic nitrogens is 3. The second-order valence-electron chi connectivity index (χ2n) is 4.72. The number of hydrogen-bond acceptors (Lipinski definition) is 5. The molecule has 8 heteroatoms. The second kappa shape index (κ2) is 6.55. The van der Waals surface area contributed by atoms with E-state index in [1.165, 1.54) is 0 Å². The lowest BCUT2D eigenvalue weighted by Crippen LogP contribution is -2.30. The number of thiophene rings is 2. The van der Waals surface area contributed by atoms with Gasteiger partial charge in [-0.1, -0.05) is 12.1 Å². The van der Waals surface area contributed by atoms with E-state index in [0.29, 0.717) is 10.6 Å². The van der Waals surface area contributed by atoms with Crippen molar-refractivity contribution < 1.29 is 4.79 Å². The molecule has 0 saturated carbocycles. The molecule has 0 aliphatic heterocycles.